The number of aryl methyl sites for hydroxylation is 3. The van der Waals surface area contributed by atoms with E-state index in [1.54, 1.807) is 24.9 Å². The van der Waals surface area contributed by atoms with Crippen molar-refractivity contribution in [2.75, 3.05) is 7.11 Å². The molecule has 5 nitrogen and oxygen atoms in total. The summed E-state index contributed by atoms with van der Waals surface area (Å²) in [4.78, 5) is 15.2. The Morgan fingerprint density at radius 3 is 2.63 bits per heavy atom. The van der Waals surface area contributed by atoms with Crippen LogP contribution in [0.2, 0.25) is 0 Å². The average Bonchev–Trinajstić information content (AvgIpc) is 2.78. The first-order chi connectivity index (χ1) is 9.11. The second-order valence-corrected chi connectivity index (χ2v) is 4.28. The van der Waals surface area contributed by atoms with Gasteiger partial charge >= 0.3 is 5.97 Å². The molecule has 0 fully saturated rings. The first-order valence-electron chi connectivity index (χ1n) is 5.99. The lowest BCUT2D eigenvalue weighted by atomic mass is 10.1. The number of carboxylic acids is 1. The van der Waals surface area contributed by atoms with E-state index < -0.39 is 5.97 Å². The molecule has 0 aliphatic heterocycles. The summed E-state index contributed by atoms with van der Waals surface area (Å²) in [6, 6.07) is 7.74. The Morgan fingerprint density at radius 2 is 2.05 bits per heavy atom. The Kier molecular flexibility index (Phi) is 3.85. The number of ether oxygens (including phenoxy) is 1. The zero-order chi connectivity index (χ0) is 13.8. The molecular weight excluding hydrogens is 244 g/mol. The van der Waals surface area contributed by atoms with Gasteiger partial charge in [0.2, 0.25) is 0 Å². The first-order valence-corrected chi connectivity index (χ1v) is 5.99. The lowest BCUT2D eigenvalue weighted by Crippen LogP contribution is -2.10. The molecular formula is C14H16N2O3. The minimum absolute atomic E-state index is 0.258. The van der Waals surface area contributed by atoms with E-state index in [1.165, 1.54) is 0 Å². The number of aromatic nitrogens is 2. The average molecular weight is 260 g/mol. The van der Waals surface area contributed by atoms with Crippen molar-refractivity contribution >= 4 is 5.97 Å². The van der Waals surface area contributed by atoms with Gasteiger partial charge in [-0.15, -0.1) is 0 Å². The molecule has 0 atom stereocenters. The van der Waals surface area contributed by atoms with Crippen LogP contribution in [-0.4, -0.2) is 27.7 Å². The van der Waals surface area contributed by atoms with Crippen LogP contribution >= 0.6 is 0 Å². The summed E-state index contributed by atoms with van der Waals surface area (Å²) in [5.74, 6) is -0.127. The van der Waals surface area contributed by atoms with Gasteiger partial charge in [-0.2, -0.15) is 0 Å². The molecule has 2 rings (SSSR count). The van der Waals surface area contributed by atoms with E-state index in [1.807, 2.05) is 24.3 Å². The number of carbonyl (C=O) groups is 1. The van der Waals surface area contributed by atoms with Gasteiger partial charge in [0, 0.05) is 6.54 Å². The van der Waals surface area contributed by atoms with Gasteiger partial charge in [0.15, 0.2) is 0 Å². The van der Waals surface area contributed by atoms with Gasteiger partial charge in [-0.3, -0.25) is 0 Å². The highest BCUT2D eigenvalue weighted by Crippen LogP contribution is 2.13. The summed E-state index contributed by atoms with van der Waals surface area (Å²) in [5, 5.41) is 9.12. The van der Waals surface area contributed by atoms with Gasteiger partial charge in [-0.05, 0) is 31.0 Å². The number of carboxylic acid groups (broad SMARTS) is 1. The number of hydrogen-bond acceptors (Lipinski definition) is 3. The van der Waals surface area contributed by atoms with E-state index in [0.29, 0.717) is 12.2 Å². The number of methoxy groups -OCH3 is 1. The summed E-state index contributed by atoms with van der Waals surface area (Å²) in [7, 11) is 1.63. The number of rotatable bonds is 5. The second-order valence-electron chi connectivity index (χ2n) is 4.28. The van der Waals surface area contributed by atoms with Crippen molar-refractivity contribution in [2.45, 2.75) is 19.9 Å². The number of aromatic carboxylic acids is 1. The lowest BCUT2D eigenvalue weighted by Gasteiger charge is -2.06. The summed E-state index contributed by atoms with van der Waals surface area (Å²) >= 11 is 0. The molecule has 0 spiro atoms. The Balaban J connectivity index is 2.08. The predicted octanol–water partition coefficient (Wildman–Crippen LogP) is 2.14. The van der Waals surface area contributed by atoms with Crippen LogP contribution < -0.4 is 4.74 Å². The van der Waals surface area contributed by atoms with Crippen LogP contribution in [0.5, 0.6) is 5.75 Å². The van der Waals surface area contributed by atoms with Gasteiger partial charge in [0.25, 0.3) is 0 Å². The van der Waals surface area contributed by atoms with E-state index in [0.717, 1.165) is 17.7 Å². The Bertz CT molecular complexity index is 573. The molecule has 0 bridgehead atoms. The van der Waals surface area contributed by atoms with Crippen LogP contribution in [-0.2, 0) is 13.0 Å². The smallest absolute Gasteiger partial charge is 0.354 e. The van der Waals surface area contributed by atoms with Crippen LogP contribution in [0.4, 0.5) is 0 Å². The van der Waals surface area contributed by atoms with Crippen molar-refractivity contribution in [3.05, 3.63) is 47.5 Å². The number of nitrogens with zero attached hydrogens (tertiary/aromatic N) is 2. The van der Waals surface area contributed by atoms with Crippen LogP contribution in [0.15, 0.2) is 30.6 Å². The molecule has 0 aliphatic carbocycles. The molecule has 0 saturated heterocycles. The number of benzene rings is 1. The fourth-order valence-electron chi connectivity index (χ4n) is 1.97. The molecule has 2 aromatic rings. The van der Waals surface area contributed by atoms with Crippen molar-refractivity contribution in [1.29, 1.82) is 0 Å². The zero-order valence-corrected chi connectivity index (χ0v) is 11.0. The summed E-state index contributed by atoms with van der Waals surface area (Å²) in [5.41, 5.74) is 1.93. The third-order valence-corrected chi connectivity index (χ3v) is 3.02. The van der Waals surface area contributed by atoms with E-state index in [9.17, 15) is 4.79 Å². The third-order valence-electron chi connectivity index (χ3n) is 3.02. The lowest BCUT2D eigenvalue weighted by molar-refractivity contribution is 0.0684. The largest absolute Gasteiger partial charge is 0.497 e. The fraction of sp³-hybridized carbons (Fsp3) is 0.286. The minimum Gasteiger partial charge on any atom is -0.497 e. The standard InChI is InChI=1S/C14H16N2O3/c1-10-13(14(17)18)16(9-15-10)8-7-11-3-5-12(19-2)6-4-11/h3-6,9H,7-8H2,1-2H3,(H,17,18). The van der Waals surface area contributed by atoms with E-state index in [2.05, 4.69) is 4.98 Å². The zero-order valence-electron chi connectivity index (χ0n) is 11.0. The molecule has 1 N–H and O–H groups in total. The molecule has 1 aromatic heterocycles. The predicted molar refractivity (Wildman–Crippen MR) is 70.6 cm³/mol. The van der Waals surface area contributed by atoms with Crippen molar-refractivity contribution in [2.24, 2.45) is 0 Å². The fourth-order valence-corrected chi connectivity index (χ4v) is 1.97. The minimum atomic E-state index is -0.940. The highest BCUT2D eigenvalue weighted by molar-refractivity contribution is 5.86. The molecule has 100 valence electrons. The SMILES string of the molecule is COc1ccc(CCn2cnc(C)c2C(=O)O)cc1. The topological polar surface area (TPSA) is 64.4 Å². The maximum Gasteiger partial charge on any atom is 0.354 e. The molecule has 1 aromatic carbocycles. The first kappa shape index (κ1) is 13.1. The number of hydrogen-bond donors (Lipinski definition) is 1. The Morgan fingerprint density at radius 1 is 1.37 bits per heavy atom. The number of imidazole rings is 1. The third kappa shape index (κ3) is 2.93. The van der Waals surface area contributed by atoms with Crippen molar-refractivity contribution in [1.82, 2.24) is 9.55 Å². The van der Waals surface area contributed by atoms with Gasteiger partial charge < -0.3 is 14.4 Å². The van der Waals surface area contributed by atoms with Crippen LogP contribution in [0.3, 0.4) is 0 Å². The molecule has 19 heavy (non-hydrogen) atoms. The Labute approximate surface area is 111 Å². The van der Waals surface area contributed by atoms with Gasteiger partial charge in [-0.25, -0.2) is 9.78 Å². The van der Waals surface area contributed by atoms with E-state index in [4.69, 9.17) is 9.84 Å². The summed E-state index contributed by atoms with van der Waals surface area (Å²) < 4.78 is 6.76. The van der Waals surface area contributed by atoms with E-state index >= 15 is 0 Å². The molecule has 1 heterocycles. The summed E-state index contributed by atoms with van der Waals surface area (Å²) in [6.45, 7) is 2.29. The van der Waals surface area contributed by atoms with Crippen LogP contribution in [0.25, 0.3) is 0 Å². The van der Waals surface area contributed by atoms with Crippen LogP contribution in [0, 0.1) is 6.92 Å². The molecule has 0 radical (unpaired) electrons. The molecule has 0 saturated carbocycles. The van der Waals surface area contributed by atoms with Gasteiger partial charge in [0.1, 0.15) is 11.4 Å². The molecule has 5 heteroatoms. The van der Waals surface area contributed by atoms with E-state index in [-0.39, 0.29) is 5.69 Å². The highest BCUT2D eigenvalue weighted by atomic mass is 16.5. The molecule has 0 aliphatic rings. The maximum atomic E-state index is 11.1. The van der Waals surface area contributed by atoms with Crippen molar-refractivity contribution < 1.29 is 14.6 Å². The van der Waals surface area contributed by atoms with Crippen molar-refractivity contribution in [3.8, 4) is 5.75 Å². The maximum absolute atomic E-state index is 11.1. The normalized spacial score (nSPS) is 10.4. The quantitative estimate of drug-likeness (QED) is 0.894. The second kappa shape index (κ2) is 5.56. The highest BCUT2D eigenvalue weighted by Gasteiger charge is 2.14. The Hall–Kier alpha value is -2.30. The molecule has 0 unspecified atom stereocenters. The van der Waals surface area contributed by atoms with Crippen LogP contribution in [0.1, 0.15) is 21.7 Å². The van der Waals surface area contributed by atoms with Gasteiger partial charge in [0.05, 0.1) is 19.1 Å². The van der Waals surface area contributed by atoms with Crippen molar-refractivity contribution in [3.63, 3.8) is 0 Å². The van der Waals surface area contributed by atoms with Gasteiger partial charge in [-0.1, -0.05) is 12.1 Å². The monoisotopic (exact) mass is 260 g/mol. The molecule has 0 amide bonds. The summed E-state index contributed by atoms with van der Waals surface area (Å²) in [6.07, 6.45) is 2.32.